The summed E-state index contributed by atoms with van der Waals surface area (Å²) in [5.41, 5.74) is 1.13. The Hall–Kier alpha value is -3.93. The van der Waals surface area contributed by atoms with Crippen LogP contribution in [0.1, 0.15) is 5.56 Å². The lowest BCUT2D eigenvalue weighted by molar-refractivity contribution is -0.117. The van der Waals surface area contributed by atoms with Crippen molar-refractivity contribution in [1.29, 1.82) is 0 Å². The van der Waals surface area contributed by atoms with Crippen molar-refractivity contribution < 1.29 is 32.6 Å². The Morgan fingerprint density at radius 2 is 1.76 bits per heavy atom. The summed E-state index contributed by atoms with van der Waals surface area (Å²) in [6.07, 6.45) is 1.57. The Bertz CT molecular complexity index is 1120. The number of carbonyl (C=O) groups excluding carboxylic acids is 3. The number of halogens is 2. The van der Waals surface area contributed by atoms with E-state index in [1.54, 1.807) is 30.3 Å². The number of thioether (sulfide) groups is 1. The molecule has 34 heavy (non-hydrogen) atoms. The molecule has 0 saturated heterocycles. The van der Waals surface area contributed by atoms with Gasteiger partial charge in [0.15, 0.2) is 5.17 Å². The third kappa shape index (κ3) is 6.32. The second kappa shape index (κ2) is 11.3. The smallest absolute Gasteiger partial charge is 0.387 e. The topological polar surface area (TPSA) is 109 Å². The predicted molar refractivity (Wildman–Crippen MR) is 124 cm³/mol. The van der Waals surface area contributed by atoms with Crippen LogP contribution in [0.5, 0.6) is 11.5 Å². The van der Waals surface area contributed by atoms with Crippen molar-refractivity contribution in [2.45, 2.75) is 6.61 Å². The highest BCUT2D eigenvalue weighted by atomic mass is 32.2. The van der Waals surface area contributed by atoms with Crippen molar-refractivity contribution in [1.82, 2.24) is 10.6 Å². The SMILES string of the molecule is CNC(=O)NC(=O)CSC1=NC(=Cc2ccc(OC)cc2)C(=O)N1c1ccc(OC(F)F)cc1. The Balaban J connectivity index is 1.87. The molecule has 0 saturated carbocycles. The summed E-state index contributed by atoms with van der Waals surface area (Å²) in [5.74, 6) is -0.691. The van der Waals surface area contributed by atoms with Crippen LogP contribution in [0.25, 0.3) is 6.08 Å². The van der Waals surface area contributed by atoms with E-state index < -0.39 is 24.5 Å². The van der Waals surface area contributed by atoms with E-state index in [-0.39, 0.29) is 22.4 Å². The van der Waals surface area contributed by atoms with Crippen LogP contribution in [0, 0.1) is 0 Å². The third-order valence-electron chi connectivity index (χ3n) is 4.38. The maximum atomic E-state index is 13.2. The van der Waals surface area contributed by atoms with E-state index in [0.717, 1.165) is 11.8 Å². The number of ether oxygens (including phenoxy) is 2. The molecule has 3 rings (SSSR count). The van der Waals surface area contributed by atoms with Gasteiger partial charge in [-0.2, -0.15) is 8.78 Å². The van der Waals surface area contributed by atoms with Crippen LogP contribution in [-0.2, 0) is 9.59 Å². The summed E-state index contributed by atoms with van der Waals surface area (Å²) in [5, 5.41) is 4.57. The fraction of sp³-hybridized carbons (Fsp3) is 0.182. The molecule has 9 nitrogen and oxygen atoms in total. The molecule has 0 aromatic heterocycles. The summed E-state index contributed by atoms with van der Waals surface area (Å²) < 4.78 is 34.4. The maximum absolute atomic E-state index is 13.2. The molecule has 2 aromatic carbocycles. The lowest BCUT2D eigenvalue weighted by Gasteiger charge is -2.18. The van der Waals surface area contributed by atoms with E-state index in [4.69, 9.17) is 4.74 Å². The molecule has 2 aromatic rings. The van der Waals surface area contributed by atoms with Gasteiger partial charge in [-0.1, -0.05) is 23.9 Å². The number of nitrogens with one attached hydrogen (secondary N) is 2. The van der Waals surface area contributed by atoms with Gasteiger partial charge in [0.1, 0.15) is 17.2 Å². The molecule has 0 radical (unpaired) electrons. The van der Waals surface area contributed by atoms with Crippen molar-refractivity contribution in [3.8, 4) is 11.5 Å². The van der Waals surface area contributed by atoms with Gasteiger partial charge in [0.05, 0.1) is 18.6 Å². The molecule has 1 aliphatic rings. The lowest BCUT2D eigenvalue weighted by atomic mass is 10.2. The van der Waals surface area contributed by atoms with Crippen LogP contribution in [0.2, 0.25) is 0 Å². The van der Waals surface area contributed by atoms with Crippen LogP contribution >= 0.6 is 11.8 Å². The number of alkyl halides is 2. The predicted octanol–water partition coefficient (Wildman–Crippen LogP) is 3.23. The molecule has 178 valence electrons. The summed E-state index contributed by atoms with van der Waals surface area (Å²) in [7, 11) is 2.91. The number of aliphatic imine (C=N–C) groups is 1. The third-order valence-corrected chi connectivity index (χ3v) is 5.32. The van der Waals surface area contributed by atoms with Crippen molar-refractivity contribution in [2.75, 3.05) is 24.8 Å². The van der Waals surface area contributed by atoms with E-state index in [1.165, 1.54) is 43.3 Å². The van der Waals surface area contributed by atoms with Crippen molar-refractivity contribution in [3.05, 3.63) is 59.8 Å². The van der Waals surface area contributed by atoms with Gasteiger partial charge in [-0.25, -0.2) is 9.79 Å². The standard InChI is InChI=1S/C22H20F2N4O5S/c1-25-21(31)27-18(29)12-34-22-26-17(11-13-3-7-15(32-2)8-4-13)19(30)28(22)14-5-9-16(10-6-14)33-20(23)24/h3-11,20H,12H2,1-2H3,(H2,25,27,29,31). The van der Waals surface area contributed by atoms with Crippen LogP contribution in [0.3, 0.4) is 0 Å². The van der Waals surface area contributed by atoms with Gasteiger partial charge in [0.2, 0.25) is 5.91 Å². The van der Waals surface area contributed by atoms with Gasteiger partial charge in [0, 0.05) is 7.05 Å². The van der Waals surface area contributed by atoms with E-state index in [0.29, 0.717) is 17.0 Å². The number of hydrogen-bond acceptors (Lipinski definition) is 7. The number of methoxy groups -OCH3 is 1. The minimum Gasteiger partial charge on any atom is -0.497 e. The Morgan fingerprint density at radius 1 is 1.12 bits per heavy atom. The molecule has 12 heteroatoms. The second-order valence-electron chi connectivity index (χ2n) is 6.63. The number of hydrogen-bond donors (Lipinski definition) is 2. The first-order valence-corrected chi connectivity index (χ1v) is 10.8. The zero-order valence-corrected chi connectivity index (χ0v) is 18.9. The van der Waals surface area contributed by atoms with Crippen LogP contribution < -0.4 is 25.0 Å². The van der Waals surface area contributed by atoms with Crippen LogP contribution in [0.15, 0.2) is 59.2 Å². The number of anilines is 1. The van der Waals surface area contributed by atoms with E-state index >= 15 is 0 Å². The Kier molecular flexibility index (Phi) is 8.19. The number of urea groups is 1. The van der Waals surface area contributed by atoms with Gasteiger partial charge in [-0.05, 0) is 48.0 Å². The molecule has 0 bridgehead atoms. The second-order valence-corrected chi connectivity index (χ2v) is 7.57. The highest BCUT2D eigenvalue weighted by molar-refractivity contribution is 8.14. The zero-order valence-electron chi connectivity index (χ0n) is 18.1. The number of amidine groups is 1. The van der Waals surface area contributed by atoms with Gasteiger partial charge in [-0.15, -0.1) is 0 Å². The van der Waals surface area contributed by atoms with Crippen molar-refractivity contribution in [3.63, 3.8) is 0 Å². The molecule has 0 fully saturated rings. The Labute approximate surface area is 197 Å². The fourth-order valence-electron chi connectivity index (χ4n) is 2.81. The number of benzene rings is 2. The zero-order chi connectivity index (χ0) is 24.7. The van der Waals surface area contributed by atoms with Crippen LogP contribution in [-0.4, -0.2) is 49.5 Å². The van der Waals surface area contributed by atoms with E-state index in [9.17, 15) is 23.2 Å². The molecule has 1 heterocycles. The number of imide groups is 1. The van der Waals surface area contributed by atoms with E-state index in [1.807, 2.05) is 0 Å². The maximum Gasteiger partial charge on any atom is 0.387 e. The average molecular weight is 490 g/mol. The normalized spacial score (nSPS) is 14.3. The molecule has 2 N–H and O–H groups in total. The minimum absolute atomic E-state index is 0.0736. The first-order valence-electron chi connectivity index (χ1n) is 9.79. The van der Waals surface area contributed by atoms with Gasteiger partial charge >= 0.3 is 12.6 Å². The largest absolute Gasteiger partial charge is 0.497 e. The van der Waals surface area contributed by atoms with Crippen LogP contribution in [0.4, 0.5) is 19.3 Å². The molecular formula is C22H20F2N4O5S. The number of nitrogens with zero attached hydrogens (tertiary/aromatic N) is 2. The van der Waals surface area contributed by atoms with E-state index in [2.05, 4.69) is 20.4 Å². The first-order chi connectivity index (χ1) is 16.3. The number of carbonyl (C=O) groups is 3. The van der Waals surface area contributed by atoms with Gasteiger partial charge < -0.3 is 14.8 Å². The quantitative estimate of drug-likeness (QED) is 0.577. The molecule has 1 aliphatic heterocycles. The highest BCUT2D eigenvalue weighted by Crippen LogP contribution is 2.31. The monoisotopic (exact) mass is 490 g/mol. The molecule has 0 unspecified atom stereocenters. The molecule has 0 aliphatic carbocycles. The lowest BCUT2D eigenvalue weighted by Crippen LogP contribution is -2.39. The first kappa shape index (κ1) is 24.7. The van der Waals surface area contributed by atoms with Crippen molar-refractivity contribution in [2.24, 2.45) is 4.99 Å². The summed E-state index contributed by atoms with van der Waals surface area (Å²) >= 11 is 0.938. The summed E-state index contributed by atoms with van der Waals surface area (Å²) in [4.78, 5) is 42.1. The summed E-state index contributed by atoms with van der Waals surface area (Å²) in [6, 6.07) is 11.7. The fourth-order valence-corrected chi connectivity index (χ4v) is 3.62. The number of amides is 4. The molecular weight excluding hydrogens is 470 g/mol. The average Bonchev–Trinajstić information content (AvgIpc) is 3.13. The number of rotatable bonds is 7. The van der Waals surface area contributed by atoms with Gasteiger partial charge in [-0.3, -0.25) is 19.8 Å². The van der Waals surface area contributed by atoms with Crippen molar-refractivity contribution >= 4 is 46.5 Å². The highest BCUT2D eigenvalue weighted by Gasteiger charge is 2.32. The molecule has 0 spiro atoms. The summed E-state index contributed by atoms with van der Waals surface area (Å²) in [6.45, 7) is -2.98. The Morgan fingerprint density at radius 3 is 2.35 bits per heavy atom. The van der Waals surface area contributed by atoms with Gasteiger partial charge in [0.25, 0.3) is 5.91 Å². The molecule has 0 atom stereocenters. The minimum atomic E-state index is -2.98. The molecule has 4 amide bonds.